The van der Waals surface area contributed by atoms with Crippen LogP contribution in [0.15, 0.2) is 54.6 Å². The van der Waals surface area contributed by atoms with Crippen LogP contribution in [0.3, 0.4) is 0 Å². The molecule has 0 spiro atoms. The summed E-state index contributed by atoms with van der Waals surface area (Å²) in [6.45, 7) is 0. The molecule has 1 amide bonds. The van der Waals surface area contributed by atoms with Crippen molar-refractivity contribution in [1.82, 2.24) is 19.8 Å². The van der Waals surface area contributed by atoms with Gasteiger partial charge < -0.3 is 0 Å². The van der Waals surface area contributed by atoms with Crippen molar-refractivity contribution < 1.29 is 9.18 Å². The van der Waals surface area contributed by atoms with Crippen LogP contribution in [0.2, 0.25) is 5.02 Å². The van der Waals surface area contributed by atoms with E-state index in [9.17, 15) is 9.18 Å². The molecule has 0 radical (unpaired) electrons. The Morgan fingerprint density at radius 1 is 1.19 bits per heavy atom. The number of hydrogen-bond acceptors (Lipinski definition) is 5. The minimum atomic E-state index is -0.516. The Morgan fingerprint density at radius 2 is 2.00 bits per heavy atom. The zero-order valence-electron chi connectivity index (χ0n) is 13.6. The lowest BCUT2D eigenvalue weighted by Gasteiger charge is -1.99. The minimum absolute atomic E-state index is 0.0148. The van der Waals surface area contributed by atoms with Gasteiger partial charge in [0.1, 0.15) is 5.82 Å². The van der Waals surface area contributed by atoms with Crippen LogP contribution in [-0.2, 0) is 4.79 Å². The van der Waals surface area contributed by atoms with Crippen LogP contribution in [0.25, 0.3) is 22.4 Å². The number of nitrogens with one attached hydrogen (secondary N) is 1. The van der Waals surface area contributed by atoms with E-state index in [0.29, 0.717) is 21.5 Å². The first-order valence-corrected chi connectivity index (χ1v) is 9.01. The number of fused-ring (bicyclic) bond motifs is 1. The zero-order valence-corrected chi connectivity index (χ0v) is 15.2. The van der Waals surface area contributed by atoms with E-state index in [-0.39, 0.29) is 10.9 Å². The topological polar surface area (TPSA) is 72.2 Å². The summed E-state index contributed by atoms with van der Waals surface area (Å²) in [4.78, 5) is 12.6. The fraction of sp³-hybridized carbons (Fsp3) is 0. The molecule has 2 aromatic heterocycles. The first-order chi connectivity index (χ1) is 13.1. The molecule has 2 aromatic carbocycles. The van der Waals surface area contributed by atoms with E-state index in [1.54, 1.807) is 6.08 Å². The van der Waals surface area contributed by atoms with Crippen molar-refractivity contribution in [3.05, 3.63) is 71.0 Å². The van der Waals surface area contributed by atoms with Crippen molar-refractivity contribution in [2.45, 2.75) is 0 Å². The van der Waals surface area contributed by atoms with Crippen LogP contribution >= 0.6 is 22.9 Å². The summed E-state index contributed by atoms with van der Waals surface area (Å²) < 4.78 is 14.8. The molecule has 2 heterocycles. The lowest BCUT2D eigenvalue weighted by Crippen LogP contribution is -2.08. The molecule has 0 aliphatic carbocycles. The van der Waals surface area contributed by atoms with Crippen LogP contribution in [0.5, 0.6) is 0 Å². The highest BCUT2D eigenvalue weighted by Crippen LogP contribution is 2.27. The maximum Gasteiger partial charge on any atom is 0.250 e. The summed E-state index contributed by atoms with van der Waals surface area (Å²) >= 11 is 7.00. The van der Waals surface area contributed by atoms with Crippen molar-refractivity contribution in [1.29, 1.82) is 0 Å². The van der Waals surface area contributed by atoms with E-state index in [0.717, 1.165) is 5.56 Å². The van der Waals surface area contributed by atoms with Gasteiger partial charge >= 0.3 is 0 Å². The van der Waals surface area contributed by atoms with Gasteiger partial charge in [-0.25, -0.2) is 4.39 Å². The Bertz CT molecular complexity index is 1160. The number of halogens is 2. The van der Waals surface area contributed by atoms with E-state index >= 15 is 0 Å². The van der Waals surface area contributed by atoms with Crippen LogP contribution in [0.4, 0.5) is 9.52 Å². The van der Waals surface area contributed by atoms with Crippen LogP contribution in [-0.4, -0.2) is 25.7 Å². The maximum atomic E-state index is 13.4. The minimum Gasteiger partial charge on any atom is -0.297 e. The summed E-state index contributed by atoms with van der Waals surface area (Å²) in [6, 6.07) is 13.7. The van der Waals surface area contributed by atoms with Gasteiger partial charge in [-0.15, -0.1) is 15.3 Å². The number of benzene rings is 2. The van der Waals surface area contributed by atoms with Crippen molar-refractivity contribution in [2.75, 3.05) is 5.32 Å². The highest BCUT2D eigenvalue weighted by molar-refractivity contribution is 7.20. The molecule has 0 unspecified atom stereocenters. The summed E-state index contributed by atoms with van der Waals surface area (Å²) in [5, 5.41) is 15.4. The number of carbonyl (C=O) groups excluding carboxylic acids is 1. The van der Waals surface area contributed by atoms with Crippen molar-refractivity contribution in [3.8, 4) is 11.4 Å². The van der Waals surface area contributed by atoms with E-state index in [4.69, 9.17) is 11.6 Å². The van der Waals surface area contributed by atoms with Crippen molar-refractivity contribution in [2.24, 2.45) is 0 Å². The molecule has 0 aliphatic heterocycles. The summed E-state index contributed by atoms with van der Waals surface area (Å²) in [7, 11) is 0. The predicted octanol–water partition coefficient (Wildman–Crippen LogP) is 4.30. The normalized spacial score (nSPS) is 11.3. The van der Waals surface area contributed by atoms with Crippen LogP contribution in [0.1, 0.15) is 5.56 Å². The highest BCUT2D eigenvalue weighted by atomic mass is 35.5. The first kappa shape index (κ1) is 17.3. The van der Waals surface area contributed by atoms with Crippen molar-refractivity contribution >= 4 is 45.0 Å². The number of amides is 1. The van der Waals surface area contributed by atoms with E-state index in [2.05, 4.69) is 20.6 Å². The molecule has 6 nitrogen and oxygen atoms in total. The number of rotatable bonds is 4. The van der Waals surface area contributed by atoms with E-state index < -0.39 is 5.82 Å². The van der Waals surface area contributed by atoms with Gasteiger partial charge in [-0.1, -0.05) is 53.3 Å². The van der Waals surface area contributed by atoms with Gasteiger partial charge in [-0.3, -0.25) is 10.1 Å². The molecule has 4 rings (SSSR count). The molecule has 0 saturated carbocycles. The van der Waals surface area contributed by atoms with E-state index in [1.165, 1.54) is 40.1 Å². The smallest absolute Gasteiger partial charge is 0.250 e. The fourth-order valence-electron chi connectivity index (χ4n) is 2.37. The molecule has 4 aromatic rings. The molecule has 27 heavy (non-hydrogen) atoms. The molecule has 0 saturated heterocycles. The molecular formula is C18H11ClFN5OS. The second kappa shape index (κ2) is 7.26. The third-order valence-corrected chi connectivity index (χ3v) is 4.73. The molecular weight excluding hydrogens is 389 g/mol. The Morgan fingerprint density at radius 3 is 2.78 bits per heavy atom. The summed E-state index contributed by atoms with van der Waals surface area (Å²) in [5.41, 5.74) is 1.49. The fourth-order valence-corrected chi connectivity index (χ4v) is 3.29. The van der Waals surface area contributed by atoms with Gasteiger partial charge in [0.15, 0.2) is 5.82 Å². The Kier molecular flexibility index (Phi) is 4.66. The number of hydrogen-bond donors (Lipinski definition) is 1. The van der Waals surface area contributed by atoms with Gasteiger partial charge in [0.2, 0.25) is 16.0 Å². The first-order valence-electron chi connectivity index (χ1n) is 7.82. The van der Waals surface area contributed by atoms with Crippen LogP contribution < -0.4 is 5.32 Å². The molecule has 9 heteroatoms. The van der Waals surface area contributed by atoms with Gasteiger partial charge in [0.25, 0.3) is 0 Å². The Labute approximate surface area is 161 Å². The zero-order chi connectivity index (χ0) is 18.8. The molecule has 0 bridgehead atoms. The Hall–Kier alpha value is -3.10. The van der Waals surface area contributed by atoms with E-state index in [1.807, 2.05) is 30.3 Å². The largest absolute Gasteiger partial charge is 0.297 e. The van der Waals surface area contributed by atoms with Crippen LogP contribution in [0, 0.1) is 5.82 Å². The second-order valence-corrected chi connectivity index (χ2v) is 6.85. The number of anilines is 1. The summed E-state index contributed by atoms with van der Waals surface area (Å²) in [6.07, 6.45) is 3.14. The molecule has 0 aliphatic rings. The molecule has 0 atom stereocenters. The Balaban J connectivity index is 1.55. The van der Waals surface area contributed by atoms with Gasteiger partial charge in [-0.2, -0.15) is 4.52 Å². The van der Waals surface area contributed by atoms with Gasteiger partial charge in [-0.05, 0) is 29.8 Å². The lowest BCUT2D eigenvalue weighted by atomic mass is 10.2. The number of aromatic nitrogens is 4. The molecule has 134 valence electrons. The lowest BCUT2D eigenvalue weighted by molar-refractivity contribution is -0.111. The number of carbonyl (C=O) groups is 1. The molecule has 0 fully saturated rings. The quantitative estimate of drug-likeness (QED) is 0.519. The van der Waals surface area contributed by atoms with Gasteiger partial charge in [0.05, 0.1) is 5.02 Å². The standard InChI is InChI=1S/C18H11ClFN5OS/c19-13-10-12(7-8-14(13)20)16-22-23-18-25(16)24-17(27-18)21-15(26)9-6-11-4-2-1-3-5-11/h1-10H,(H,21,24,26). The highest BCUT2D eigenvalue weighted by Gasteiger charge is 2.15. The predicted molar refractivity (Wildman–Crippen MR) is 103 cm³/mol. The SMILES string of the molecule is O=C(C=Cc1ccccc1)Nc1nn2c(-c3ccc(F)c(Cl)c3)nnc2s1. The third-order valence-electron chi connectivity index (χ3n) is 3.63. The van der Waals surface area contributed by atoms with Gasteiger partial charge in [0, 0.05) is 11.6 Å². The maximum absolute atomic E-state index is 13.4. The average Bonchev–Trinajstić information content (AvgIpc) is 3.23. The average molecular weight is 400 g/mol. The third kappa shape index (κ3) is 3.71. The molecule has 1 N–H and O–H groups in total. The van der Waals surface area contributed by atoms with Crippen molar-refractivity contribution in [3.63, 3.8) is 0 Å². The summed E-state index contributed by atoms with van der Waals surface area (Å²) in [5.74, 6) is -0.420. The second-order valence-electron chi connectivity index (χ2n) is 5.49. The number of nitrogens with zero attached hydrogens (tertiary/aromatic N) is 4. The monoisotopic (exact) mass is 399 g/mol.